The first-order valence-electron chi connectivity index (χ1n) is 8.06. The third-order valence-corrected chi connectivity index (χ3v) is 4.26. The van der Waals surface area contributed by atoms with Crippen molar-refractivity contribution >= 4 is 11.7 Å². The molecule has 1 fully saturated rings. The number of aromatic nitrogens is 1. The van der Waals surface area contributed by atoms with E-state index < -0.39 is 17.3 Å². The van der Waals surface area contributed by atoms with E-state index in [1.54, 1.807) is 18.0 Å². The zero-order valence-corrected chi connectivity index (χ0v) is 14.5. The molecule has 0 aromatic carbocycles. The summed E-state index contributed by atoms with van der Waals surface area (Å²) < 4.78 is 38.5. The van der Waals surface area contributed by atoms with Gasteiger partial charge in [-0.3, -0.25) is 4.79 Å². The largest absolute Gasteiger partial charge is 0.433 e. The summed E-state index contributed by atoms with van der Waals surface area (Å²) in [7, 11) is 1.77. The lowest BCUT2D eigenvalue weighted by molar-refractivity contribution is -0.141. The summed E-state index contributed by atoms with van der Waals surface area (Å²) >= 11 is 0. The van der Waals surface area contributed by atoms with Crippen LogP contribution in [-0.4, -0.2) is 42.0 Å². The lowest BCUT2D eigenvalue weighted by Crippen LogP contribution is -2.51. The summed E-state index contributed by atoms with van der Waals surface area (Å²) in [5, 5.41) is 0. The van der Waals surface area contributed by atoms with Gasteiger partial charge in [-0.15, -0.1) is 0 Å². The smallest absolute Gasteiger partial charge is 0.355 e. The molecule has 0 aliphatic carbocycles. The van der Waals surface area contributed by atoms with Crippen LogP contribution in [0.5, 0.6) is 0 Å². The molecular weight excluding hydrogens is 319 g/mol. The second-order valence-electron chi connectivity index (χ2n) is 7.29. The topological polar surface area (TPSA) is 36.4 Å². The summed E-state index contributed by atoms with van der Waals surface area (Å²) in [6.07, 6.45) is -2.80. The number of alkyl halides is 3. The molecule has 0 saturated carbocycles. The first-order valence-corrected chi connectivity index (χ1v) is 8.06. The van der Waals surface area contributed by atoms with Crippen LogP contribution in [0.1, 0.15) is 39.3 Å². The minimum absolute atomic E-state index is 0.0261. The van der Waals surface area contributed by atoms with Crippen LogP contribution >= 0.6 is 0 Å². The number of anilines is 1. The van der Waals surface area contributed by atoms with E-state index >= 15 is 0 Å². The second kappa shape index (κ2) is 6.61. The molecule has 24 heavy (non-hydrogen) atoms. The van der Waals surface area contributed by atoms with Gasteiger partial charge in [0.25, 0.3) is 0 Å². The minimum Gasteiger partial charge on any atom is -0.355 e. The van der Waals surface area contributed by atoms with Crippen molar-refractivity contribution in [2.45, 2.75) is 45.8 Å². The number of rotatable bonds is 2. The van der Waals surface area contributed by atoms with Crippen LogP contribution in [0, 0.1) is 5.41 Å². The highest BCUT2D eigenvalue weighted by atomic mass is 19.4. The molecule has 4 nitrogen and oxygen atoms in total. The van der Waals surface area contributed by atoms with Crippen LogP contribution in [0.3, 0.4) is 0 Å². The number of carbonyl (C=O) groups excluding carboxylic acids is 1. The maximum Gasteiger partial charge on any atom is 0.433 e. The lowest BCUT2D eigenvalue weighted by Gasteiger charge is -2.40. The number of pyridine rings is 1. The van der Waals surface area contributed by atoms with E-state index in [-0.39, 0.29) is 11.9 Å². The third-order valence-electron chi connectivity index (χ3n) is 4.26. The molecule has 0 radical (unpaired) electrons. The van der Waals surface area contributed by atoms with Gasteiger partial charge in [-0.25, -0.2) is 4.98 Å². The van der Waals surface area contributed by atoms with Gasteiger partial charge in [0.15, 0.2) is 0 Å². The summed E-state index contributed by atoms with van der Waals surface area (Å²) in [5.41, 5.74) is -1.37. The predicted molar refractivity (Wildman–Crippen MR) is 86.7 cm³/mol. The number of nitrogens with zero attached hydrogens (tertiary/aromatic N) is 3. The molecule has 1 aromatic rings. The van der Waals surface area contributed by atoms with Crippen molar-refractivity contribution in [2.75, 3.05) is 25.0 Å². The average molecular weight is 343 g/mol. The van der Waals surface area contributed by atoms with Crippen molar-refractivity contribution in [3.05, 3.63) is 23.9 Å². The fourth-order valence-corrected chi connectivity index (χ4v) is 2.93. The van der Waals surface area contributed by atoms with Crippen molar-refractivity contribution < 1.29 is 18.0 Å². The van der Waals surface area contributed by atoms with Crippen molar-refractivity contribution in [3.63, 3.8) is 0 Å². The van der Waals surface area contributed by atoms with Crippen molar-refractivity contribution in [3.8, 4) is 0 Å². The summed E-state index contributed by atoms with van der Waals surface area (Å²) in [6, 6.07) is 3.91. The Hall–Kier alpha value is -1.79. The standard InChI is InChI=1S/C17H24F3N3O/c1-16(2,3)15(24)22(4)12-7-6-10-23(11-12)14-9-5-8-13(21-14)17(18,19)20/h5,8-9,12H,6-7,10-11H2,1-4H3. The van der Waals surface area contributed by atoms with Gasteiger partial charge >= 0.3 is 6.18 Å². The lowest BCUT2D eigenvalue weighted by atomic mass is 9.93. The highest BCUT2D eigenvalue weighted by Gasteiger charge is 2.34. The van der Waals surface area contributed by atoms with Gasteiger partial charge < -0.3 is 9.80 Å². The van der Waals surface area contributed by atoms with Crippen molar-refractivity contribution in [1.29, 1.82) is 0 Å². The Morgan fingerprint density at radius 1 is 1.29 bits per heavy atom. The molecular formula is C17H24F3N3O. The zero-order chi connectivity index (χ0) is 18.1. The Balaban J connectivity index is 2.15. The van der Waals surface area contributed by atoms with Crippen LogP contribution in [-0.2, 0) is 11.0 Å². The van der Waals surface area contributed by atoms with Gasteiger partial charge in [0, 0.05) is 31.6 Å². The predicted octanol–water partition coefficient (Wildman–Crippen LogP) is 3.57. The molecule has 2 rings (SSSR count). The number of amides is 1. The van der Waals surface area contributed by atoms with E-state index in [9.17, 15) is 18.0 Å². The quantitative estimate of drug-likeness (QED) is 0.824. The summed E-state index contributed by atoms with van der Waals surface area (Å²) in [6.45, 7) is 6.72. The van der Waals surface area contributed by atoms with Gasteiger partial charge in [-0.05, 0) is 25.0 Å². The molecule has 0 spiro atoms. The molecule has 0 bridgehead atoms. The van der Waals surface area contributed by atoms with Crippen LogP contribution in [0.25, 0.3) is 0 Å². The van der Waals surface area contributed by atoms with Crippen LogP contribution in [0.4, 0.5) is 19.0 Å². The molecule has 1 aliphatic rings. The number of likely N-dealkylation sites (N-methyl/N-ethyl adjacent to an activating group) is 1. The molecule has 1 atom stereocenters. The number of piperidine rings is 1. The number of halogens is 3. The Morgan fingerprint density at radius 2 is 1.96 bits per heavy atom. The molecule has 1 aromatic heterocycles. The SMILES string of the molecule is CN(C(=O)C(C)(C)C)C1CCCN(c2cccc(C(F)(F)F)n2)C1. The van der Waals surface area contributed by atoms with Gasteiger partial charge in [-0.1, -0.05) is 26.8 Å². The van der Waals surface area contributed by atoms with E-state index in [0.717, 1.165) is 18.9 Å². The van der Waals surface area contributed by atoms with Gasteiger partial charge in [0.1, 0.15) is 11.5 Å². The van der Waals surface area contributed by atoms with E-state index in [4.69, 9.17) is 0 Å². The fraction of sp³-hybridized carbons (Fsp3) is 0.647. The zero-order valence-electron chi connectivity index (χ0n) is 14.5. The molecule has 1 amide bonds. The van der Waals surface area contributed by atoms with Crippen LogP contribution < -0.4 is 4.90 Å². The van der Waals surface area contributed by atoms with Crippen LogP contribution in [0.15, 0.2) is 18.2 Å². The van der Waals surface area contributed by atoms with Gasteiger partial charge in [-0.2, -0.15) is 13.2 Å². The minimum atomic E-state index is -4.45. The highest BCUT2D eigenvalue weighted by Crippen LogP contribution is 2.30. The van der Waals surface area contributed by atoms with Gasteiger partial charge in [0.2, 0.25) is 5.91 Å². The molecule has 1 saturated heterocycles. The Labute approximate surface area is 140 Å². The Bertz CT molecular complexity index is 595. The maximum atomic E-state index is 12.8. The summed E-state index contributed by atoms with van der Waals surface area (Å²) in [4.78, 5) is 19.7. The maximum absolute atomic E-state index is 12.8. The molecule has 1 aliphatic heterocycles. The van der Waals surface area contributed by atoms with Crippen molar-refractivity contribution in [1.82, 2.24) is 9.88 Å². The Morgan fingerprint density at radius 3 is 2.54 bits per heavy atom. The molecule has 134 valence electrons. The van der Waals surface area contributed by atoms with E-state index in [1.165, 1.54) is 6.07 Å². The molecule has 1 unspecified atom stereocenters. The molecule has 0 N–H and O–H groups in total. The van der Waals surface area contributed by atoms with E-state index in [2.05, 4.69) is 4.98 Å². The number of carbonyl (C=O) groups is 1. The first-order chi connectivity index (χ1) is 11.0. The molecule has 7 heteroatoms. The van der Waals surface area contributed by atoms with Crippen LogP contribution in [0.2, 0.25) is 0 Å². The number of hydrogen-bond acceptors (Lipinski definition) is 3. The van der Waals surface area contributed by atoms with E-state index in [0.29, 0.717) is 18.9 Å². The van der Waals surface area contributed by atoms with E-state index in [1.807, 2.05) is 25.7 Å². The summed E-state index contributed by atoms with van der Waals surface area (Å²) in [5.74, 6) is 0.345. The third kappa shape index (κ3) is 4.19. The first kappa shape index (κ1) is 18.5. The fourth-order valence-electron chi connectivity index (χ4n) is 2.93. The molecule has 2 heterocycles. The monoisotopic (exact) mass is 343 g/mol. The van der Waals surface area contributed by atoms with Gasteiger partial charge in [0.05, 0.1) is 0 Å². The second-order valence-corrected chi connectivity index (χ2v) is 7.29. The normalized spacial score (nSPS) is 19.3. The highest BCUT2D eigenvalue weighted by molar-refractivity contribution is 5.81. The number of hydrogen-bond donors (Lipinski definition) is 0. The average Bonchev–Trinajstić information content (AvgIpc) is 2.52. The Kier molecular flexibility index (Phi) is 5.11. The van der Waals surface area contributed by atoms with Crippen molar-refractivity contribution in [2.24, 2.45) is 5.41 Å².